The van der Waals surface area contributed by atoms with Crippen LogP contribution in [0.1, 0.15) is 25.3 Å². The Kier molecular flexibility index (Phi) is 5.72. The zero-order valence-electron chi connectivity index (χ0n) is 16.4. The van der Waals surface area contributed by atoms with Gasteiger partial charge in [-0.15, -0.1) is 0 Å². The van der Waals surface area contributed by atoms with Gasteiger partial charge in [0.25, 0.3) is 0 Å². The fourth-order valence-electron chi connectivity index (χ4n) is 3.40. The van der Waals surface area contributed by atoms with Gasteiger partial charge in [0.15, 0.2) is 19.7 Å². The first kappa shape index (κ1) is 20.7. The summed E-state index contributed by atoms with van der Waals surface area (Å²) in [5.41, 5.74) is 3.61. The van der Waals surface area contributed by atoms with Crippen LogP contribution < -0.4 is 10.2 Å². The summed E-state index contributed by atoms with van der Waals surface area (Å²) in [6.45, 7) is 4.17. The maximum Gasteiger partial charge on any atom is 0.177 e. The molecule has 0 saturated carbocycles. The molecule has 152 valence electrons. The normalized spacial score (nSPS) is 14.2. The number of fused-ring (bicyclic) bond motifs is 1. The minimum absolute atomic E-state index is 0.0156. The molecule has 28 heavy (non-hydrogen) atoms. The van der Waals surface area contributed by atoms with Crippen molar-refractivity contribution in [1.82, 2.24) is 0 Å². The first-order valence-electron chi connectivity index (χ1n) is 9.28. The smallest absolute Gasteiger partial charge is 0.177 e. The van der Waals surface area contributed by atoms with Crippen molar-refractivity contribution >= 4 is 36.7 Å². The molecule has 8 heteroatoms. The van der Waals surface area contributed by atoms with E-state index in [1.165, 1.54) is 29.4 Å². The molecule has 0 radical (unpaired) electrons. The Hall–Kier alpha value is -2.06. The van der Waals surface area contributed by atoms with Gasteiger partial charge in [-0.3, -0.25) is 0 Å². The van der Waals surface area contributed by atoms with Crippen molar-refractivity contribution in [2.75, 3.05) is 35.8 Å². The zero-order valence-corrected chi connectivity index (χ0v) is 18.0. The molecule has 1 aliphatic rings. The third-order valence-electron chi connectivity index (χ3n) is 4.92. The molecule has 0 amide bonds. The molecule has 0 unspecified atom stereocenters. The van der Waals surface area contributed by atoms with Crippen molar-refractivity contribution in [1.29, 1.82) is 0 Å². The molecule has 0 saturated heterocycles. The third-order valence-corrected chi connectivity index (χ3v) is 7.17. The van der Waals surface area contributed by atoms with Gasteiger partial charge in [-0.25, -0.2) is 16.8 Å². The van der Waals surface area contributed by atoms with E-state index in [2.05, 4.69) is 23.2 Å². The van der Waals surface area contributed by atoms with Gasteiger partial charge >= 0.3 is 0 Å². The molecule has 0 spiro atoms. The van der Waals surface area contributed by atoms with E-state index < -0.39 is 19.7 Å². The van der Waals surface area contributed by atoms with E-state index in [0.29, 0.717) is 5.69 Å². The summed E-state index contributed by atoms with van der Waals surface area (Å²) in [6.07, 6.45) is 5.41. The van der Waals surface area contributed by atoms with Crippen LogP contribution in [0.15, 0.2) is 46.2 Å². The second kappa shape index (κ2) is 7.75. The van der Waals surface area contributed by atoms with Gasteiger partial charge in [0.2, 0.25) is 0 Å². The van der Waals surface area contributed by atoms with E-state index in [4.69, 9.17) is 0 Å². The van der Waals surface area contributed by atoms with Crippen molar-refractivity contribution < 1.29 is 16.8 Å². The van der Waals surface area contributed by atoms with Gasteiger partial charge < -0.3 is 10.2 Å². The lowest BCUT2D eigenvalue weighted by Crippen LogP contribution is -2.21. The van der Waals surface area contributed by atoms with Crippen LogP contribution in [0.3, 0.4) is 0 Å². The van der Waals surface area contributed by atoms with Gasteiger partial charge in [-0.05, 0) is 48.7 Å². The SMILES string of the molecule is CCCCN1CCc2ccc(Nc3ccc(S(C)(=O)=O)cc3S(C)(=O)=O)cc21. The molecule has 0 bridgehead atoms. The average molecular weight is 423 g/mol. The quantitative estimate of drug-likeness (QED) is 0.736. The molecular weight excluding hydrogens is 396 g/mol. The number of nitrogens with one attached hydrogen (secondary N) is 1. The van der Waals surface area contributed by atoms with Crippen LogP contribution >= 0.6 is 0 Å². The predicted molar refractivity (Wildman–Crippen MR) is 113 cm³/mol. The molecule has 0 atom stereocenters. The highest BCUT2D eigenvalue weighted by atomic mass is 32.2. The van der Waals surface area contributed by atoms with Crippen LogP contribution in [-0.4, -0.2) is 42.4 Å². The Balaban J connectivity index is 1.96. The van der Waals surface area contributed by atoms with Gasteiger partial charge in [-0.1, -0.05) is 19.4 Å². The Bertz CT molecular complexity index is 1090. The Morgan fingerprint density at radius 2 is 1.75 bits per heavy atom. The van der Waals surface area contributed by atoms with Crippen molar-refractivity contribution in [2.24, 2.45) is 0 Å². The van der Waals surface area contributed by atoms with Gasteiger partial charge in [-0.2, -0.15) is 0 Å². The summed E-state index contributed by atoms with van der Waals surface area (Å²) in [5.74, 6) is 0. The number of hydrogen-bond acceptors (Lipinski definition) is 6. The highest BCUT2D eigenvalue weighted by Crippen LogP contribution is 2.34. The lowest BCUT2D eigenvalue weighted by atomic mass is 10.1. The van der Waals surface area contributed by atoms with E-state index >= 15 is 0 Å². The molecule has 1 N–H and O–H groups in total. The third kappa shape index (κ3) is 4.50. The van der Waals surface area contributed by atoms with Gasteiger partial charge in [0.05, 0.1) is 15.5 Å². The van der Waals surface area contributed by atoms with Crippen LogP contribution in [0.25, 0.3) is 0 Å². The summed E-state index contributed by atoms with van der Waals surface area (Å²) in [6, 6.07) is 10.2. The van der Waals surface area contributed by atoms with E-state index in [1.807, 2.05) is 12.1 Å². The molecule has 3 rings (SSSR count). The minimum Gasteiger partial charge on any atom is -0.371 e. The topological polar surface area (TPSA) is 83.6 Å². The van der Waals surface area contributed by atoms with Crippen molar-refractivity contribution in [3.8, 4) is 0 Å². The first-order valence-corrected chi connectivity index (χ1v) is 13.1. The fraction of sp³-hybridized carbons (Fsp3) is 0.400. The van der Waals surface area contributed by atoms with Crippen molar-refractivity contribution in [2.45, 2.75) is 36.0 Å². The largest absolute Gasteiger partial charge is 0.371 e. The summed E-state index contributed by atoms with van der Waals surface area (Å²) in [5, 5.41) is 3.16. The Labute approximate surface area is 167 Å². The second-order valence-corrected chi connectivity index (χ2v) is 11.3. The van der Waals surface area contributed by atoms with E-state index in [-0.39, 0.29) is 9.79 Å². The molecular formula is C20H26N2O4S2. The zero-order chi connectivity index (χ0) is 20.5. The molecule has 1 heterocycles. The molecule has 2 aromatic carbocycles. The summed E-state index contributed by atoms with van der Waals surface area (Å²) < 4.78 is 48.1. The fourth-order valence-corrected chi connectivity index (χ4v) is 4.98. The number of unbranched alkanes of at least 4 members (excludes halogenated alkanes) is 1. The van der Waals surface area contributed by atoms with E-state index in [1.54, 1.807) is 0 Å². The summed E-state index contributed by atoms with van der Waals surface area (Å²) in [4.78, 5) is 2.31. The minimum atomic E-state index is -3.61. The highest BCUT2D eigenvalue weighted by molar-refractivity contribution is 7.91. The van der Waals surface area contributed by atoms with E-state index in [0.717, 1.165) is 50.6 Å². The monoisotopic (exact) mass is 422 g/mol. The number of hydrogen-bond donors (Lipinski definition) is 1. The van der Waals surface area contributed by atoms with Gasteiger partial charge in [0, 0.05) is 37.0 Å². The standard InChI is InChI=1S/C20H26N2O4S2/c1-4-5-11-22-12-10-15-6-7-16(13-19(15)22)21-18-9-8-17(27(2,23)24)14-20(18)28(3,25)26/h6-9,13-14,21H,4-5,10-12H2,1-3H3. The highest BCUT2D eigenvalue weighted by Gasteiger charge is 2.21. The second-order valence-electron chi connectivity index (χ2n) is 7.26. The molecule has 6 nitrogen and oxygen atoms in total. The summed E-state index contributed by atoms with van der Waals surface area (Å²) in [7, 11) is -7.11. The molecule has 2 aromatic rings. The lowest BCUT2D eigenvalue weighted by molar-refractivity contribution is 0.600. The van der Waals surface area contributed by atoms with Crippen molar-refractivity contribution in [3.63, 3.8) is 0 Å². The van der Waals surface area contributed by atoms with Crippen molar-refractivity contribution in [3.05, 3.63) is 42.0 Å². The molecule has 1 aliphatic heterocycles. The Morgan fingerprint density at radius 1 is 1.00 bits per heavy atom. The van der Waals surface area contributed by atoms with Crippen LogP contribution in [0.5, 0.6) is 0 Å². The average Bonchev–Trinajstić information content (AvgIpc) is 3.00. The number of anilines is 3. The Morgan fingerprint density at radius 3 is 2.39 bits per heavy atom. The van der Waals surface area contributed by atoms with Crippen LogP contribution in [0.4, 0.5) is 17.1 Å². The van der Waals surface area contributed by atoms with Crippen LogP contribution in [0.2, 0.25) is 0 Å². The number of benzene rings is 2. The number of nitrogens with zero attached hydrogens (tertiary/aromatic N) is 1. The molecule has 0 aromatic heterocycles. The summed E-state index contributed by atoms with van der Waals surface area (Å²) >= 11 is 0. The first-order chi connectivity index (χ1) is 13.1. The predicted octanol–water partition coefficient (Wildman–Crippen LogP) is 3.40. The molecule has 0 aliphatic carbocycles. The molecule has 0 fully saturated rings. The lowest BCUT2D eigenvalue weighted by Gasteiger charge is -2.20. The van der Waals surface area contributed by atoms with E-state index in [9.17, 15) is 16.8 Å². The maximum absolute atomic E-state index is 12.2. The maximum atomic E-state index is 12.2. The number of sulfone groups is 2. The van der Waals surface area contributed by atoms with Crippen LogP contribution in [-0.2, 0) is 26.1 Å². The van der Waals surface area contributed by atoms with Gasteiger partial charge in [0.1, 0.15) is 0 Å². The number of rotatable bonds is 7. The van der Waals surface area contributed by atoms with Crippen LogP contribution in [0, 0.1) is 0 Å².